The Balaban J connectivity index is 1.17. The van der Waals surface area contributed by atoms with E-state index in [0.717, 1.165) is 82.5 Å². The minimum atomic E-state index is 0.593. The van der Waals surface area contributed by atoms with Crippen LogP contribution in [0.3, 0.4) is 0 Å². The Labute approximate surface area is 274 Å². The first-order valence-electron chi connectivity index (χ1n) is 15.9. The first-order chi connectivity index (χ1) is 23.8. The van der Waals surface area contributed by atoms with Crippen LogP contribution < -0.4 is 0 Å². The molecule has 0 fully saturated rings. The van der Waals surface area contributed by atoms with Gasteiger partial charge in [0.05, 0.1) is 0 Å². The largest absolute Gasteiger partial charge is 0.456 e. The summed E-state index contributed by atoms with van der Waals surface area (Å²) in [6.45, 7) is 0. The molecule has 5 nitrogen and oxygen atoms in total. The van der Waals surface area contributed by atoms with E-state index in [2.05, 4.69) is 78.9 Å². The third kappa shape index (κ3) is 4.22. The van der Waals surface area contributed by atoms with Crippen LogP contribution in [0, 0.1) is 0 Å². The van der Waals surface area contributed by atoms with Gasteiger partial charge in [0.2, 0.25) is 0 Å². The highest BCUT2D eigenvalue weighted by Crippen LogP contribution is 2.39. The van der Waals surface area contributed by atoms with Gasteiger partial charge >= 0.3 is 0 Å². The molecule has 0 unspecified atom stereocenters. The van der Waals surface area contributed by atoms with Crippen molar-refractivity contribution in [2.24, 2.45) is 0 Å². The van der Waals surface area contributed by atoms with Crippen molar-refractivity contribution in [3.05, 3.63) is 152 Å². The molecule has 0 aliphatic heterocycles. The molecule has 5 heteroatoms. The predicted molar refractivity (Wildman–Crippen MR) is 194 cm³/mol. The molecule has 0 bridgehead atoms. The Morgan fingerprint density at radius 3 is 1.81 bits per heavy atom. The molecule has 0 saturated heterocycles. The van der Waals surface area contributed by atoms with Crippen LogP contribution in [-0.2, 0) is 0 Å². The van der Waals surface area contributed by atoms with Crippen molar-refractivity contribution in [2.45, 2.75) is 0 Å². The third-order valence-corrected chi connectivity index (χ3v) is 9.13. The second kappa shape index (κ2) is 10.5. The summed E-state index contributed by atoms with van der Waals surface area (Å²) < 4.78 is 12.6. The summed E-state index contributed by atoms with van der Waals surface area (Å²) in [5.41, 5.74) is 8.35. The molecule has 224 valence electrons. The van der Waals surface area contributed by atoms with Gasteiger partial charge in [-0.3, -0.25) is 0 Å². The zero-order valence-electron chi connectivity index (χ0n) is 25.6. The highest BCUT2D eigenvalue weighted by Gasteiger charge is 2.19. The van der Waals surface area contributed by atoms with Crippen LogP contribution in [0.4, 0.5) is 0 Å². The van der Waals surface area contributed by atoms with E-state index < -0.39 is 0 Å². The van der Waals surface area contributed by atoms with Gasteiger partial charge in [-0.05, 0) is 58.3 Å². The van der Waals surface area contributed by atoms with Crippen LogP contribution >= 0.6 is 0 Å². The standard InChI is InChI=1S/C43H25N3O2/c1-3-10-26(11-4-1)28-18-22-33-38(25-28)48-36-17-9-15-34(40(33)36)43-45-41(27-12-5-2-6-13-27)44-42(46-43)30-19-21-31-29(24-30)20-23-37-39(31)32-14-7-8-16-35(32)47-37/h1-25H. The second-order valence-corrected chi connectivity index (χ2v) is 12.0. The van der Waals surface area contributed by atoms with E-state index >= 15 is 0 Å². The van der Waals surface area contributed by atoms with Crippen LogP contribution in [0.1, 0.15) is 0 Å². The molecular weight excluding hydrogens is 590 g/mol. The fraction of sp³-hybridized carbons (Fsp3) is 0. The third-order valence-electron chi connectivity index (χ3n) is 9.13. The van der Waals surface area contributed by atoms with E-state index in [1.807, 2.05) is 72.8 Å². The van der Waals surface area contributed by atoms with Crippen LogP contribution in [0.15, 0.2) is 160 Å². The predicted octanol–water partition coefficient (Wildman–Crippen LogP) is 11.5. The molecule has 0 spiro atoms. The lowest BCUT2D eigenvalue weighted by molar-refractivity contribution is 0.669. The second-order valence-electron chi connectivity index (χ2n) is 12.0. The molecule has 10 aromatic rings. The molecule has 0 N–H and O–H groups in total. The summed E-state index contributed by atoms with van der Waals surface area (Å²) in [5.74, 6) is 1.81. The highest BCUT2D eigenvalue weighted by atomic mass is 16.3. The summed E-state index contributed by atoms with van der Waals surface area (Å²) >= 11 is 0. The number of benzene rings is 7. The Bertz CT molecular complexity index is 2840. The maximum Gasteiger partial charge on any atom is 0.164 e. The summed E-state index contributed by atoms with van der Waals surface area (Å²) in [5, 5.41) is 6.44. The average Bonchev–Trinajstić information content (AvgIpc) is 3.73. The van der Waals surface area contributed by atoms with Gasteiger partial charge in [0.1, 0.15) is 22.3 Å². The molecule has 0 amide bonds. The van der Waals surface area contributed by atoms with E-state index in [9.17, 15) is 0 Å². The molecule has 3 heterocycles. The van der Waals surface area contributed by atoms with E-state index in [4.69, 9.17) is 23.8 Å². The SMILES string of the molecule is c1ccc(-c2ccc3c(c2)oc2cccc(-c4nc(-c5ccccc5)nc(-c5ccc6c(ccc7oc8ccccc8c76)c5)n4)c23)cc1. The monoisotopic (exact) mass is 615 g/mol. The van der Waals surface area contributed by atoms with Gasteiger partial charge in [-0.1, -0.05) is 115 Å². The topological polar surface area (TPSA) is 65.0 Å². The number of para-hydroxylation sites is 1. The van der Waals surface area contributed by atoms with Crippen LogP contribution in [-0.4, -0.2) is 15.0 Å². The number of hydrogen-bond acceptors (Lipinski definition) is 5. The lowest BCUT2D eigenvalue weighted by Gasteiger charge is -2.10. The average molecular weight is 616 g/mol. The summed E-state index contributed by atoms with van der Waals surface area (Å²) in [4.78, 5) is 15.2. The molecular formula is C43H25N3O2. The van der Waals surface area contributed by atoms with Gasteiger partial charge in [-0.2, -0.15) is 0 Å². The van der Waals surface area contributed by atoms with Crippen molar-refractivity contribution >= 4 is 54.6 Å². The van der Waals surface area contributed by atoms with Crippen molar-refractivity contribution in [1.29, 1.82) is 0 Å². The first-order valence-corrected chi connectivity index (χ1v) is 15.9. The number of nitrogens with zero attached hydrogens (tertiary/aromatic N) is 3. The van der Waals surface area contributed by atoms with E-state index in [-0.39, 0.29) is 0 Å². The first kappa shape index (κ1) is 26.6. The molecule has 0 saturated carbocycles. The van der Waals surface area contributed by atoms with Gasteiger partial charge in [-0.25, -0.2) is 15.0 Å². The molecule has 0 radical (unpaired) electrons. The fourth-order valence-corrected chi connectivity index (χ4v) is 6.86. The van der Waals surface area contributed by atoms with Gasteiger partial charge in [-0.15, -0.1) is 0 Å². The Hall–Kier alpha value is -6.59. The Morgan fingerprint density at radius 2 is 0.958 bits per heavy atom. The van der Waals surface area contributed by atoms with E-state index in [1.54, 1.807) is 0 Å². The minimum Gasteiger partial charge on any atom is -0.456 e. The van der Waals surface area contributed by atoms with Crippen molar-refractivity contribution < 1.29 is 8.83 Å². The van der Waals surface area contributed by atoms with Gasteiger partial charge in [0.25, 0.3) is 0 Å². The normalized spacial score (nSPS) is 11.8. The number of furan rings is 2. The van der Waals surface area contributed by atoms with Crippen molar-refractivity contribution in [3.8, 4) is 45.3 Å². The Morgan fingerprint density at radius 1 is 0.333 bits per heavy atom. The molecule has 0 aliphatic rings. The smallest absolute Gasteiger partial charge is 0.164 e. The lowest BCUT2D eigenvalue weighted by Crippen LogP contribution is -2.00. The molecule has 3 aromatic heterocycles. The summed E-state index contributed by atoms with van der Waals surface area (Å²) in [7, 11) is 0. The lowest BCUT2D eigenvalue weighted by atomic mass is 10.0. The van der Waals surface area contributed by atoms with Crippen molar-refractivity contribution in [3.63, 3.8) is 0 Å². The van der Waals surface area contributed by atoms with Crippen molar-refractivity contribution in [2.75, 3.05) is 0 Å². The molecule has 0 atom stereocenters. The fourth-order valence-electron chi connectivity index (χ4n) is 6.86. The maximum absolute atomic E-state index is 6.43. The van der Waals surface area contributed by atoms with Gasteiger partial charge in [0.15, 0.2) is 17.5 Å². The van der Waals surface area contributed by atoms with Crippen LogP contribution in [0.5, 0.6) is 0 Å². The zero-order valence-corrected chi connectivity index (χ0v) is 25.6. The quantitative estimate of drug-likeness (QED) is 0.197. The van der Waals surface area contributed by atoms with Gasteiger partial charge < -0.3 is 8.83 Å². The molecule has 48 heavy (non-hydrogen) atoms. The zero-order chi connectivity index (χ0) is 31.6. The van der Waals surface area contributed by atoms with Crippen molar-refractivity contribution in [1.82, 2.24) is 15.0 Å². The number of fused-ring (bicyclic) bond motifs is 8. The van der Waals surface area contributed by atoms with E-state index in [1.165, 1.54) is 0 Å². The number of aromatic nitrogens is 3. The summed E-state index contributed by atoms with van der Waals surface area (Å²) in [6, 6.07) is 51.6. The molecule has 7 aromatic carbocycles. The maximum atomic E-state index is 6.43. The van der Waals surface area contributed by atoms with Crippen LogP contribution in [0.2, 0.25) is 0 Å². The minimum absolute atomic E-state index is 0.593. The van der Waals surface area contributed by atoms with Crippen LogP contribution in [0.25, 0.3) is 99.9 Å². The summed E-state index contributed by atoms with van der Waals surface area (Å²) in [6.07, 6.45) is 0. The van der Waals surface area contributed by atoms with E-state index in [0.29, 0.717) is 17.5 Å². The number of hydrogen-bond donors (Lipinski definition) is 0. The molecule has 0 aliphatic carbocycles. The number of rotatable bonds is 4. The molecule has 10 rings (SSSR count). The van der Waals surface area contributed by atoms with Gasteiger partial charge in [0, 0.05) is 38.2 Å². The Kier molecular flexibility index (Phi) is 5.81. The highest BCUT2D eigenvalue weighted by molar-refractivity contribution is 6.19.